The van der Waals surface area contributed by atoms with Crippen molar-refractivity contribution in [3.8, 4) is 0 Å². The zero-order chi connectivity index (χ0) is 6.69. The van der Waals surface area contributed by atoms with Crippen LogP contribution in [0, 0.1) is 0 Å². The van der Waals surface area contributed by atoms with Gasteiger partial charge in [-0.1, -0.05) is 0 Å². The van der Waals surface area contributed by atoms with Gasteiger partial charge in [0.25, 0.3) is 0 Å². The molecule has 1 heterocycles. The lowest BCUT2D eigenvalue weighted by molar-refractivity contribution is -0.109. The van der Waals surface area contributed by atoms with Crippen molar-refractivity contribution < 1.29 is 9.53 Å². The van der Waals surface area contributed by atoms with E-state index in [1.54, 1.807) is 11.8 Å². The van der Waals surface area contributed by atoms with Gasteiger partial charge in [-0.25, -0.2) is 0 Å². The molecule has 2 nitrogen and oxygen atoms in total. The molecule has 9 heavy (non-hydrogen) atoms. The van der Waals surface area contributed by atoms with Crippen molar-refractivity contribution in [3.63, 3.8) is 0 Å². The lowest BCUT2D eigenvalue weighted by atomic mass is 10.3. The predicted molar refractivity (Wildman–Crippen MR) is 37.7 cm³/mol. The monoisotopic (exact) mass is 146 g/mol. The minimum atomic E-state index is 0.0683. The van der Waals surface area contributed by atoms with Crippen molar-refractivity contribution in [1.82, 2.24) is 0 Å². The molecule has 0 radical (unpaired) electrons. The fourth-order valence-corrected chi connectivity index (χ4v) is 1.69. The summed E-state index contributed by atoms with van der Waals surface area (Å²) in [4.78, 5) is 10.3. The van der Waals surface area contributed by atoms with Gasteiger partial charge in [-0.3, -0.25) is 0 Å². The standard InChI is InChI=1S/C6H10O2S/c1-5-6(4-7)9-3-2-8-5/h4-6H,2-3H2,1H3. The minimum absolute atomic E-state index is 0.0683. The fourth-order valence-electron chi connectivity index (χ4n) is 0.798. The van der Waals surface area contributed by atoms with Crippen LogP contribution in [0.4, 0.5) is 0 Å². The topological polar surface area (TPSA) is 26.3 Å². The van der Waals surface area contributed by atoms with Crippen LogP contribution in [-0.4, -0.2) is 30.0 Å². The van der Waals surface area contributed by atoms with Crippen LogP contribution in [0.25, 0.3) is 0 Å². The van der Waals surface area contributed by atoms with E-state index >= 15 is 0 Å². The molecule has 1 aliphatic heterocycles. The van der Waals surface area contributed by atoms with Gasteiger partial charge in [-0.05, 0) is 6.92 Å². The highest BCUT2D eigenvalue weighted by molar-refractivity contribution is 8.00. The Hall–Kier alpha value is -0.0200. The molecule has 1 fully saturated rings. The molecule has 0 aliphatic carbocycles. The van der Waals surface area contributed by atoms with Crippen molar-refractivity contribution >= 4 is 18.0 Å². The summed E-state index contributed by atoms with van der Waals surface area (Å²) < 4.78 is 5.23. The molecule has 0 bridgehead atoms. The summed E-state index contributed by atoms with van der Waals surface area (Å²) in [5, 5.41) is 0.0683. The molecular weight excluding hydrogens is 136 g/mol. The third-order valence-corrected chi connectivity index (χ3v) is 2.65. The maximum atomic E-state index is 10.3. The number of hydrogen-bond donors (Lipinski definition) is 0. The summed E-state index contributed by atoms with van der Waals surface area (Å²) in [6, 6.07) is 0. The second-order valence-corrected chi connectivity index (χ2v) is 3.33. The average molecular weight is 146 g/mol. The van der Waals surface area contributed by atoms with Crippen LogP contribution in [0.5, 0.6) is 0 Å². The van der Waals surface area contributed by atoms with Crippen LogP contribution >= 0.6 is 11.8 Å². The van der Waals surface area contributed by atoms with Crippen LogP contribution in [0.1, 0.15) is 6.92 Å². The van der Waals surface area contributed by atoms with E-state index in [4.69, 9.17) is 4.74 Å². The Bertz CT molecular complexity index is 105. The van der Waals surface area contributed by atoms with Gasteiger partial charge in [0.2, 0.25) is 0 Å². The average Bonchev–Trinajstić information content (AvgIpc) is 1.89. The molecule has 1 rings (SSSR count). The Morgan fingerprint density at radius 1 is 1.78 bits per heavy atom. The van der Waals surface area contributed by atoms with Crippen LogP contribution in [0.3, 0.4) is 0 Å². The number of ether oxygens (including phenoxy) is 1. The normalized spacial score (nSPS) is 36.1. The van der Waals surface area contributed by atoms with E-state index in [0.717, 1.165) is 18.6 Å². The molecule has 3 heteroatoms. The van der Waals surface area contributed by atoms with E-state index in [1.807, 2.05) is 6.92 Å². The summed E-state index contributed by atoms with van der Waals surface area (Å²) >= 11 is 1.68. The highest BCUT2D eigenvalue weighted by atomic mass is 32.2. The summed E-state index contributed by atoms with van der Waals surface area (Å²) in [7, 11) is 0. The van der Waals surface area contributed by atoms with Crippen LogP contribution < -0.4 is 0 Å². The van der Waals surface area contributed by atoms with Crippen LogP contribution in [-0.2, 0) is 9.53 Å². The third-order valence-electron chi connectivity index (χ3n) is 1.37. The first-order chi connectivity index (χ1) is 4.34. The molecule has 0 N–H and O–H groups in total. The first-order valence-electron chi connectivity index (χ1n) is 3.03. The number of carbonyl (C=O) groups is 1. The van der Waals surface area contributed by atoms with E-state index in [-0.39, 0.29) is 11.4 Å². The number of thioether (sulfide) groups is 1. The molecule has 2 atom stereocenters. The molecule has 1 saturated heterocycles. The zero-order valence-corrected chi connectivity index (χ0v) is 6.19. The van der Waals surface area contributed by atoms with Gasteiger partial charge in [0.05, 0.1) is 18.0 Å². The summed E-state index contributed by atoms with van der Waals surface area (Å²) in [5.74, 6) is 0.952. The van der Waals surface area contributed by atoms with Gasteiger partial charge in [-0.2, -0.15) is 0 Å². The van der Waals surface area contributed by atoms with Gasteiger partial charge in [0.1, 0.15) is 6.29 Å². The van der Waals surface area contributed by atoms with Crippen molar-refractivity contribution in [2.75, 3.05) is 12.4 Å². The van der Waals surface area contributed by atoms with Crippen molar-refractivity contribution in [2.45, 2.75) is 18.3 Å². The maximum absolute atomic E-state index is 10.3. The van der Waals surface area contributed by atoms with Crippen LogP contribution in [0.2, 0.25) is 0 Å². The maximum Gasteiger partial charge on any atom is 0.135 e. The van der Waals surface area contributed by atoms with E-state index < -0.39 is 0 Å². The number of hydrogen-bond acceptors (Lipinski definition) is 3. The van der Waals surface area contributed by atoms with Gasteiger partial charge < -0.3 is 9.53 Å². The fraction of sp³-hybridized carbons (Fsp3) is 0.833. The van der Waals surface area contributed by atoms with Crippen molar-refractivity contribution in [3.05, 3.63) is 0 Å². The van der Waals surface area contributed by atoms with Gasteiger partial charge in [-0.15, -0.1) is 11.8 Å². The molecule has 2 unspecified atom stereocenters. The number of carbonyl (C=O) groups excluding carboxylic acids is 1. The van der Waals surface area contributed by atoms with E-state index in [1.165, 1.54) is 0 Å². The Morgan fingerprint density at radius 2 is 2.56 bits per heavy atom. The Labute approximate surface area is 59.0 Å². The van der Waals surface area contributed by atoms with Gasteiger partial charge in [0.15, 0.2) is 0 Å². The predicted octanol–water partition coefficient (Wildman–Crippen LogP) is 0.706. The van der Waals surface area contributed by atoms with E-state index in [2.05, 4.69) is 0 Å². The van der Waals surface area contributed by atoms with E-state index in [0.29, 0.717) is 0 Å². The molecule has 1 aliphatic rings. The molecule has 52 valence electrons. The number of aldehydes is 1. The van der Waals surface area contributed by atoms with Crippen molar-refractivity contribution in [1.29, 1.82) is 0 Å². The Morgan fingerprint density at radius 3 is 3.00 bits per heavy atom. The first kappa shape index (κ1) is 7.09. The zero-order valence-electron chi connectivity index (χ0n) is 5.37. The largest absolute Gasteiger partial charge is 0.376 e. The molecule has 0 aromatic carbocycles. The second kappa shape index (κ2) is 3.22. The second-order valence-electron chi connectivity index (χ2n) is 2.05. The molecule has 0 saturated carbocycles. The minimum Gasteiger partial charge on any atom is -0.376 e. The first-order valence-corrected chi connectivity index (χ1v) is 4.08. The smallest absolute Gasteiger partial charge is 0.135 e. The lowest BCUT2D eigenvalue weighted by Gasteiger charge is -2.23. The Kier molecular flexibility index (Phi) is 2.54. The highest BCUT2D eigenvalue weighted by Crippen LogP contribution is 2.19. The molecule has 0 aromatic heterocycles. The molecular formula is C6H10O2S. The SMILES string of the molecule is CC1OCCSC1C=O. The van der Waals surface area contributed by atoms with E-state index in [9.17, 15) is 4.79 Å². The lowest BCUT2D eigenvalue weighted by Crippen LogP contribution is -2.30. The number of rotatable bonds is 1. The summed E-state index contributed by atoms with van der Waals surface area (Å²) in [5.41, 5.74) is 0. The molecule has 0 amide bonds. The third kappa shape index (κ3) is 1.69. The van der Waals surface area contributed by atoms with Gasteiger partial charge in [0, 0.05) is 5.75 Å². The summed E-state index contributed by atoms with van der Waals surface area (Å²) in [6.07, 6.45) is 1.08. The summed E-state index contributed by atoms with van der Waals surface area (Å²) in [6.45, 7) is 2.72. The quantitative estimate of drug-likeness (QED) is 0.509. The molecule has 0 spiro atoms. The Balaban J connectivity index is 2.38. The highest BCUT2D eigenvalue weighted by Gasteiger charge is 2.21. The van der Waals surface area contributed by atoms with Crippen LogP contribution in [0.15, 0.2) is 0 Å². The van der Waals surface area contributed by atoms with Crippen molar-refractivity contribution in [2.24, 2.45) is 0 Å². The van der Waals surface area contributed by atoms with Gasteiger partial charge >= 0.3 is 0 Å². The molecule has 0 aromatic rings.